The normalized spacial score (nSPS) is 44.0. The van der Waals surface area contributed by atoms with Crippen LogP contribution in [0, 0.1) is 35.5 Å². The van der Waals surface area contributed by atoms with E-state index in [-0.39, 0.29) is 23.6 Å². The third-order valence-corrected chi connectivity index (χ3v) is 6.62. The van der Waals surface area contributed by atoms with Crippen LogP contribution in [0.4, 0.5) is 0 Å². The number of fused-ring (bicyclic) bond motifs is 3. The van der Waals surface area contributed by atoms with Gasteiger partial charge in [0.25, 0.3) is 0 Å². The van der Waals surface area contributed by atoms with E-state index in [0.29, 0.717) is 29.2 Å². The molecule has 22 heavy (non-hydrogen) atoms. The highest BCUT2D eigenvalue weighted by molar-refractivity contribution is 6.00. The van der Waals surface area contributed by atoms with Crippen LogP contribution in [-0.2, 0) is 23.8 Å². The Kier molecular flexibility index (Phi) is 3.04. The fourth-order valence-corrected chi connectivity index (χ4v) is 5.97. The number of carbonyl (C=O) groups excluding carboxylic acids is 2. The summed E-state index contributed by atoms with van der Waals surface area (Å²) in [4.78, 5) is 25.3. The number of methoxy groups -OCH3 is 3. The smallest absolute Gasteiger partial charge is 0.333 e. The number of esters is 1. The van der Waals surface area contributed by atoms with Crippen LogP contribution >= 0.6 is 0 Å². The Morgan fingerprint density at radius 3 is 2.36 bits per heavy atom. The number of hydrogen-bond acceptors (Lipinski definition) is 5. The summed E-state index contributed by atoms with van der Waals surface area (Å²) in [5.41, 5.74) is 0.574. The zero-order valence-electron chi connectivity index (χ0n) is 13.2. The lowest BCUT2D eigenvalue weighted by atomic mass is 9.52. The summed E-state index contributed by atoms with van der Waals surface area (Å²) in [5.74, 6) is -0.516. The molecule has 0 aliphatic heterocycles. The van der Waals surface area contributed by atoms with Crippen LogP contribution in [-0.4, -0.2) is 38.9 Å². The summed E-state index contributed by atoms with van der Waals surface area (Å²) in [6, 6.07) is 0. The van der Waals surface area contributed by atoms with Gasteiger partial charge in [0, 0.05) is 25.7 Å². The third-order valence-electron chi connectivity index (χ3n) is 6.62. The van der Waals surface area contributed by atoms with Gasteiger partial charge in [-0.3, -0.25) is 4.79 Å². The summed E-state index contributed by atoms with van der Waals surface area (Å²) in [6.07, 6.45) is 5.40. The van der Waals surface area contributed by atoms with Gasteiger partial charge in [0.15, 0.2) is 5.78 Å². The molecule has 120 valence electrons. The highest BCUT2D eigenvalue weighted by Gasteiger charge is 2.70. The van der Waals surface area contributed by atoms with Crippen molar-refractivity contribution in [3.8, 4) is 0 Å². The molecule has 0 spiro atoms. The molecule has 4 bridgehead atoms. The van der Waals surface area contributed by atoms with Gasteiger partial charge in [-0.05, 0) is 42.9 Å². The van der Waals surface area contributed by atoms with Crippen LogP contribution in [0.5, 0.6) is 0 Å². The fraction of sp³-hybridized carbons (Fsp3) is 0.765. The molecular weight excluding hydrogens is 284 g/mol. The SMILES string of the molecule is COC(=O)C1=C[C@@H]2C(=O)C(OC)(OC)[C@@H]1[C@H]1[C@H]3CC[C@H](C3)[C@H]12. The molecule has 6 atom stereocenters. The standard InChI is InChI=1S/C17H22O5/c1-20-16(19)11-7-10-12-8-4-5-9(6-8)13(12)14(11)17(21-2,22-3)15(10)18/h7-10,12-14H,4-6H2,1-3H3/t8-,9+,10+,12+,13+,14+/m1/s1. The average molecular weight is 306 g/mol. The Morgan fingerprint density at radius 1 is 1.14 bits per heavy atom. The molecule has 5 rings (SSSR count). The van der Waals surface area contributed by atoms with Crippen LogP contribution in [0.25, 0.3) is 0 Å². The number of rotatable bonds is 3. The van der Waals surface area contributed by atoms with E-state index in [0.717, 1.165) is 0 Å². The van der Waals surface area contributed by atoms with E-state index in [4.69, 9.17) is 14.2 Å². The highest BCUT2D eigenvalue weighted by atomic mass is 16.7. The predicted molar refractivity (Wildman–Crippen MR) is 76.6 cm³/mol. The molecule has 0 radical (unpaired) electrons. The molecule has 0 amide bonds. The summed E-state index contributed by atoms with van der Waals surface area (Å²) in [6.45, 7) is 0. The maximum absolute atomic E-state index is 13.0. The minimum absolute atomic E-state index is 0.0241. The Labute approximate surface area is 130 Å². The summed E-state index contributed by atoms with van der Waals surface area (Å²) in [7, 11) is 4.38. The van der Waals surface area contributed by atoms with E-state index in [2.05, 4.69) is 0 Å². The van der Waals surface area contributed by atoms with Crippen molar-refractivity contribution in [2.75, 3.05) is 21.3 Å². The number of carbonyl (C=O) groups is 2. The van der Waals surface area contributed by atoms with E-state index in [1.54, 1.807) is 0 Å². The van der Waals surface area contributed by atoms with E-state index < -0.39 is 5.79 Å². The molecule has 0 heterocycles. The molecule has 5 nitrogen and oxygen atoms in total. The maximum atomic E-state index is 13.0. The second-order valence-corrected chi connectivity index (χ2v) is 7.04. The number of ketones is 1. The molecule has 0 aromatic heterocycles. The third kappa shape index (κ3) is 1.46. The molecule has 0 N–H and O–H groups in total. The molecule has 3 saturated carbocycles. The zero-order valence-corrected chi connectivity index (χ0v) is 13.2. The molecule has 0 unspecified atom stereocenters. The maximum Gasteiger partial charge on any atom is 0.333 e. The van der Waals surface area contributed by atoms with Gasteiger partial charge in [-0.25, -0.2) is 4.79 Å². The molecule has 5 heteroatoms. The van der Waals surface area contributed by atoms with Gasteiger partial charge in [0.05, 0.1) is 13.0 Å². The lowest BCUT2D eigenvalue weighted by molar-refractivity contribution is -0.256. The minimum Gasteiger partial charge on any atom is -0.466 e. The molecule has 5 aliphatic rings. The van der Waals surface area contributed by atoms with Gasteiger partial charge < -0.3 is 14.2 Å². The number of hydrogen-bond donors (Lipinski definition) is 0. The monoisotopic (exact) mass is 306 g/mol. The van der Waals surface area contributed by atoms with E-state index in [1.807, 2.05) is 6.08 Å². The van der Waals surface area contributed by atoms with Crippen molar-refractivity contribution in [3.63, 3.8) is 0 Å². The molecule has 5 aliphatic carbocycles. The van der Waals surface area contributed by atoms with Crippen LogP contribution in [0.1, 0.15) is 19.3 Å². The van der Waals surface area contributed by atoms with Crippen molar-refractivity contribution >= 4 is 11.8 Å². The second kappa shape index (κ2) is 4.65. The summed E-state index contributed by atoms with van der Waals surface area (Å²) in [5, 5.41) is 0. The van der Waals surface area contributed by atoms with Gasteiger partial charge in [-0.1, -0.05) is 6.08 Å². The number of Topliss-reactive ketones (excluding diaryl/α,β-unsaturated/α-hetero) is 1. The van der Waals surface area contributed by atoms with E-state index >= 15 is 0 Å². The molecule has 0 aromatic carbocycles. The van der Waals surface area contributed by atoms with Crippen LogP contribution in [0.15, 0.2) is 11.6 Å². The van der Waals surface area contributed by atoms with Crippen LogP contribution in [0.2, 0.25) is 0 Å². The van der Waals surface area contributed by atoms with Crippen molar-refractivity contribution in [2.45, 2.75) is 25.0 Å². The highest BCUT2D eigenvalue weighted by Crippen LogP contribution is 2.66. The Hall–Kier alpha value is -1.20. The van der Waals surface area contributed by atoms with E-state index in [1.165, 1.54) is 40.6 Å². The van der Waals surface area contributed by atoms with Gasteiger partial charge in [0.2, 0.25) is 5.79 Å². The first kappa shape index (κ1) is 14.4. The second-order valence-electron chi connectivity index (χ2n) is 7.04. The Morgan fingerprint density at radius 2 is 1.77 bits per heavy atom. The lowest BCUT2D eigenvalue weighted by Crippen LogP contribution is -2.65. The largest absolute Gasteiger partial charge is 0.466 e. The molecular formula is C17H22O5. The van der Waals surface area contributed by atoms with E-state index in [9.17, 15) is 9.59 Å². The molecule has 3 fully saturated rings. The van der Waals surface area contributed by atoms with Gasteiger partial charge >= 0.3 is 5.97 Å². The van der Waals surface area contributed by atoms with Gasteiger partial charge in [-0.2, -0.15) is 0 Å². The summed E-state index contributed by atoms with van der Waals surface area (Å²) < 4.78 is 16.1. The average Bonchev–Trinajstić information content (AvgIpc) is 3.17. The lowest BCUT2D eigenvalue weighted by Gasteiger charge is -2.55. The minimum atomic E-state index is -1.32. The first-order chi connectivity index (χ1) is 10.6. The van der Waals surface area contributed by atoms with Crippen LogP contribution in [0.3, 0.4) is 0 Å². The molecule has 0 aromatic rings. The van der Waals surface area contributed by atoms with Crippen molar-refractivity contribution in [1.29, 1.82) is 0 Å². The Bertz CT molecular complexity index is 561. The summed E-state index contributed by atoms with van der Waals surface area (Å²) >= 11 is 0. The Balaban J connectivity index is 1.88. The number of ether oxygens (including phenoxy) is 3. The van der Waals surface area contributed by atoms with Gasteiger partial charge in [0.1, 0.15) is 0 Å². The van der Waals surface area contributed by atoms with Gasteiger partial charge in [-0.15, -0.1) is 0 Å². The topological polar surface area (TPSA) is 61.8 Å². The number of allylic oxidation sites excluding steroid dienone is 1. The molecule has 0 saturated heterocycles. The van der Waals surface area contributed by atoms with Crippen molar-refractivity contribution in [2.24, 2.45) is 35.5 Å². The van der Waals surface area contributed by atoms with Crippen molar-refractivity contribution < 1.29 is 23.8 Å². The van der Waals surface area contributed by atoms with Crippen molar-refractivity contribution in [1.82, 2.24) is 0 Å². The first-order valence-electron chi connectivity index (χ1n) is 8.03. The van der Waals surface area contributed by atoms with Crippen molar-refractivity contribution in [3.05, 3.63) is 11.6 Å². The van der Waals surface area contributed by atoms with Crippen LogP contribution < -0.4 is 0 Å². The fourth-order valence-electron chi connectivity index (χ4n) is 5.97. The zero-order chi connectivity index (χ0) is 15.6. The first-order valence-corrected chi connectivity index (χ1v) is 8.03. The quantitative estimate of drug-likeness (QED) is 0.585. The predicted octanol–water partition coefficient (Wildman–Crippen LogP) is 1.57.